The van der Waals surface area contributed by atoms with Crippen LogP contribution in [-0.4, -0.2) is 52.7 Å². The summed E-state index contributed by atoms with van der Waals surface area (Å²) >= 11 is 3.72. The third-order valence-corrected chi connectivity index (χ3v) is 8.02. The van der Waals surface area contributed by atoms with Crippen LogP contribution in [0, 0.1) is 6.92 Å². The topological polar surface area (TPSA) is 99.9 Å². The lowest BCUT2D eigenvalue weighted by molar-refractivity contribution is 0.0841. The Labute approximate surface area is 225 Å². The zero-order chi connectivity index (χ0) is 25.8. The van der Waals surface area contributed by atoms with Gasteiger partial charge in [-0.05, 0) is 83.9 Å². The van der Waals surface area contributed by atoms with Crippen molar-refractivity contribution >= 4 is 27.5 Å². The molecule has 0 radical (unpaired) electrons. The van der Waals surface area contributed by atoms with Crippen molar-refractivity contribution in [1.82, 2.24) is 15.2 Å². The number of aromatic nitrogens is 1. The number of anilines is 1. The fourth-order valence-electron chi connectivity index (χ4n) is 4.74. The highest BCUT2D eigenvalue weighted by Crippen LogP contribution is 2.35. The van der Waals surface area contributed by atoms with Crippen LogP contribution < -0.4 is 15.4 Å². The van der Waals surface area contributed by atoms with E-state index in [2.05, 4.69) is 42.5 Å². The normalized spacial score (nSPS) is 16.5. The number of benzene rings is 2. The molecular formula is C28H33BrN4O4. The molecule has 3 aromatic rings. The Balaban J connectivity index is 1.10. The molecule has 2 aromatic carbocycles. The van der Waals surface area contributed by atoms with Crippen LogP contribution in [0.1, 0.15) is 52.2 Å². The number of hydrogen-bond acceptors (Lipinski definition) is 7. The SMILES string of the molecule is Cc1ncoc1COc1ccc2c(c1Br)CCN(C[C@@H](O)CNC(=O)c1cccc(NC3CCC3)c1)C2. The number of nitrogens with one attached hydrogen (secondary N) is 2. The van der Waals surface area contributed by atoms with Crippen LogP contribution in [0.3, 0.4) is 0 Å². The summed E-state index contributed by atoms with van der Waals surface area (Å²) in [5, 5.41) is 17.0. The molecular weight excluding hydrogens is 536 g/mol. The number of aryl methyl sites for hydroxylation is 1. The largest absolute Gasteiger partial charge is 0.484 e. The zero-order valence-electron chi connectivity index (χ0n) is 21.0. The molecule has 1 amide bonds. The van der Waals surface area contributed by atoms with Gasteiger partial charge in [-0.1, -0.05) is 12.1 Å². The van der Waals surface area contributed by atoms with Gasteiger partial charge < -0.3 is 24.9 Å². The van der Waals surface area contributed by atoms with Gasteiger partial charge in [-0.2, -0.15) is 0 Å². The lowest BCUT2D eigenvalue weighted by Crippen LogP contribution is -2.42. The highest BCUT2D eigenvalue weighted by atomic mass is 79.9. The maximum atomic E-state index is 12.7. The van der Waals surface area contributed by atoms with Crippen LogP contribution in [0.4, 0.5) is 5.69 Å². The van der Waals surface area contributed by atoms with Crippen molar-refractivity contribution in [3.8, 4) is 5.75 Å². The lowest BCUT2D eigenvalue weighted by Gasteiger charge is -2.31. The van der Waals surface area contributed by atoms with Gasteiger partial charge in [0.05, 0.1) is 16.3 Å². The first kappa shape index (κ1) is 25.8. The molecule has 5 rings (SSSR count). The average molecular weight is 570 g/mol. The fourth-order valence-corrected chi connectivity index (χ4v) is 5.44. The molecule has 2 aliphatic rings. The first-order chi connectivity index (χ1) is 18.0. The number of hydrogen-bond donors (Lipinski definition) is 3. The Morgan fingerprint density at radius 2 is 2.19 bits per heavy atom. The average Bonchev–Trinajstić information content (AvgIpc) is 3.29. The van der Waals surface area contributed by atoms with Gasteiger partial charge in [0.2, 0.25) is 0 Å². The van der Waals surface area contributed by atoms with E-state index in [1.165, 1.54) is 36.8 Å². The van der Waals surface area contributed by atoms with Crippen LogP contribution in [0.15, 0.2) is 51.7 Å². The molecule has 37 heavy (non-hydrogen) atoms. The van der Waals surface area contributed by atoms with Crippen molar-refractivity contribution in [2.75, 3.05) is 25.0 Å². The molecule has 0 unspecified atom stereocenters. The minimum Gasteiger partial charge on any atom is -0.484 e. The van der Waals surface area contributed by atoms with Gasteiger partial charge in [-0.3, -0.25) is 9.69 Å². The van der Waals surface area contributed by atoms with E-state index in [4.69, 9.17) is 9.15 Å². The molecule has 0 spiro atoms. The molecule has 0 bridgehead atoms. The summed E-state index contributed by atoms with van der Waals surface area (Å²) in [7, 11) is 0. The first-order valence-corrected chi connectivity index (χ1v) is 13.6. The van der Waals surface area contributed by atoms with Gasteiger partial charge in [-0.15, -0.1) is 0 Å². The van der Waals surface area contributed by atoms with E-state index in [-0.39, 0.29) is 12.5 Å². The molecule has 1 aliphatic heterocycles. The maximum absolute atomic E-state index is 12.7. The number of amides is 1. The van der Waals surface area contributed by atoms with Gasteiger partial charge in [0.25, 0.3) is 5.91 Å². The van der Waals surface area contributed by atoms with E-state index < -0.39 is 6.10 Å². The monoisotopic (exact) mass is 568 g/mol. The number of fused-ring (bicyclic) bond motifs is 1. The summed E-state index contributed by atoms with van der Waals surface area (Å²) in [6.07, 6.45) is 5.23. The van der Waals surface area contributed by atoms with Crippen molar-refractivity contribution in [3.63, 3.8) is 0 Å². The smallest absolute Gasteiger partial charge is 0.251 e. The van der Waals surface area contributed by atoms with Crippen LogP contribution in [0.5, 0.6) is 5.75 Å². The van der Waals surface area contributed by atoms with E-state index in [1.807, 2.05) is 31.2 Å². The number of β-amino-alcohol motifs (C(OH)–C–C–N with tert-alkyl or cyclic N) is 1. The van der Waals surface area contributed by atoms with Crippen LogP contribution in [0.2, 0.25) is 0 Å². The number of aliphatic hydroxyl groups excluding tert-OH is 1. The molecule has 1 aromatic heterocycles. The second kappa shape index (κ2) is 11.7. The van der Waals surface area contributed by atoms with Crippen molar-refractivity contribution in [2.24, 2.45) is 0 Å². The predicted octanol–water partition coefficient (Wildman–Crippen LogP) is 4.44. The van der Waals surface area contributed by atoms with E-state index in [9.17, 15) is 9.90 Å². The Morgan fingerprint density at radius 3 is 2.95 bits per heavy atom. The van der Waals surface area contributed by atoms with Crippen LogP contribution in [-0.2, 0) is 19.6 Å². The molecule has 1 fully saturated rings. The van der Waals surface area contributed by atoms with Gasteiger partial charge in [0.1, 0.15) is 12.4 Å². The number of oxazole rings is 1. The highest BCUT2D eigenvalue weighted by molar-refractivity contribution is 9.10. The van der Waals surface area contributed by atoms with E-state index in [0.717, 1.165) is 46.9 Å². The number of aliphatic hydroxyl groups is 1. The molecule has 1 saturated carbocycles. The van der Waals surface area contributed by atoms with Gasteiger partial charge >= 0.3 is 0 Å². The number of carbonyl (C=O) groups excluding carboxylic acids is 1. The number of nitrogens with zero attached hydrogens (tertiary/aromatic N) is 2. The van der Waals surface area contributed by atoms with Gasteiger partial charge in [-0.25, -0.2) is 4.98 Å². The van der Waals surface area contributed by atoms with Crippen molar-refractivity contribution in [2.45, 2.75) is 57.9 Å². The minimum atomic E-state index is -0.655. The summed E-state index contributed by atoms with van der Waals surface area (Å²) in [6.45, 7) is 4.47. The third-order valence-electron chi connectivity index (χ3n) is 7.15. The summed E-state index contributed by atoms with van der Waals surface area (Å²) in [6, 6.07) is 12.1. The molecule has 3 N–H and O–H groups in total. The standard InChI is InChI=1S/C28H33BrN4O4/c1-18-26(37-17-31-18)16-36-25-9-8-20-14-33(11-10-24(20)27(25)29)15-23(34)13-30-28(35)19-4-2-7-22(12-19)32-21-5-3-6-21/h2,4,7-9,12,17,21,23,32,34H,3,5-6,10-11,13-16H2,1H3,(H,30,35)/t23-/m0/s1. The number of carbonyl (C=O) groups is 1. The quantitative estimate of drug-likeness (QED) is 0.332. The highest BCUT2D eigenvalue weighted by Gasteiger charge is 2.23. The Morgan fingerprint density at radius 1 is 1.32 bits per heavy atom. The van der Waals surface area contributed by atoms with E-state index in [1.54, 1.807) is 6.07 Å². The second-order valence-electron chi connectivity index (χ2n) is 9.87. The van der Waals surface area contributed by atoms with Crippen LogP contribution >= 0.6 is 15.9 Å². The maximum Gasteiger partial charge on any atom is 0.251 e. The van der Waals surface area contributed by atoms with Crippen molar-refractivity contribution in [1.29, 1.82) is 0 Å². The number of ether oxygens (including phenoxy) is 1. The summed E-state index contributed by atoms with van der Waals surface area (Å²) in [5.74, 6) is 1.32. The van der Waals surface area contributed by atoms with Gasteiger partial charge in [0.15, 0.2) is 12.2 Å². The van der Waals surface area contributed by atoms with E-state index in [0.29, 0.717) is 24.8 Å². The Kier molecular flexibility index (Phi) is 8.12. The molecule has 1 atom stereocenters. The minimum absolute atomic E-state index is 0.169. The second-order valence-corrected chi connectivity index (χ2v) is 10.7. The van der Waals surface area contributed by atoms with Crippen molar-refractivity contribution in [3.05, 3.63) is 75.4 Å². The molecule has 1 aliphatic carbocycles. The Hall–Kier alpha value is -2.88. The molecule has 196 valence electrons. The van der Waals surface area contributed by atoms with E-state index >= 15 is 0 Å². The number of rotatable bonds is 10. The predicted molar refractivity (Wildman–Crippen MR) is 145 cm³/mol. The fraction of sp³-hybridized carbons (Fsp3) is 0.429. The summed E-state index contributed by atoms with van der Waals surface area (Å²) in [5.41, 5.74) is 4.82. The van der Waals surface area contributed by atoms with Gasteiger partial charge in [0, 0.05) is 43.5 Å². The third kappa shape index (κ3) is 6.34. The first-order valence-electron chi connectivity index (χ1n) is 12.8. The molecule has 9 heteroatoms. The van der Waals surface area contributed by atoms with Crippen LogP contribution in [0.25, 0.3) is 0 Å². The Bertz CT molecular complexity index is 1240. The summed E-state index contributed by atoms with van der Waals surface area (Å²) in [4.78, 5) is 19.0. The molecule has 0 saturated heterocycles. The number of halogens is 1. The lowest BCUT2D eigenvalue weighted by atomic mass is 9.93. The van der Waals surface area contributed by atoms with Crippen molar-refractivity contribution < 1.29 is 19.1 Å². The zero-order valence-corrected chi connectivity index (χ0v) is 22.6. The molecule has 8 nitrogen and oxygen atoms in total. The summed E-state index contributed by atoms with van der Waals surface area (Å²) < 4.78 is 12.3. The molecule has 2 heterocycles.